The minimum Gasteiger partial charge on any atom is -0.461 e. The van der Waals surface area contributed by atoms with Crippen molar-refractivity contribution in [3.8, 4) is 0 Å². The molecule has 2 aromatic heterocycles. The first-order valence-corrected chi connectivity index (χ1v) is 9.69. The van der Waals surface area contributed by atoms with Gasteiger partial charge in [0.1, 0.15) is 16.9 Å². The van der Waals surface area contributed by atoms with Gasteiger partial charge in [0, 0.05) is 41.4 Å². The van der Waals surface area contributed by atoms with Crippen molar-refractivity contribution >= 4 is 27.8 Å². The third-order valence-electron chi connectivity index (χ3n) is 5.90. The molecular weight excluding hydrogens is 358 g/mol. The molecule has 0 aliphatic carbocycles. The fraction of sp³-hybridized carbons (Fsp3) is 0.455. The quantitative estimate of drug-likeness (QED) is 0.647. The van der Waals surface area contributed by atoms with Crippen molar-refractivity contribution < 1.29 is 18.4 Å². The van der Waals surface area contributed by atoms with Gasteiger partial charge in [0.25, 0.3) is 0 Å². The van der Waals surface area contributed by atoms with E-state index in [0.717, 1.165) is 38.8 Å². The fourth-order valence-corrected chi connectivity index (χ4v) is 3.98. The van der Waals surface area contributed by atoms with Crippen molar-refractivity contribution in [2.75, 3.05) is 26.3 Å². The van der Waals surface area contributed by atoms with Crippen LogP contribution in [0.5, 0.6) is 0 Å². The number of benzene rings is 1. The van der Waals surface area contributed by atoms with E-state index in [9.17, 15) is 9.59 Å². The number of nitrogens with zero attached hydrogens (tertiary/aromatic N) is 1. The zero-order chi connectivity index (χ0) is 20.0. The molecule has 3 aromatic rings. The third-order valence-corrected chi connectivity index (χ3v) is 5.90. The van der Waals surface area contributed by atoms with Crippen molar-refractivity contribution in [2.45, 2.75) is 40.5 Å². The Morgan fingerprint density at radius 2 is 1.61 bits per heavy atom. The molecule has 0 saturated carbocycles. The molecule has 1 aliphatic rings. The highest BCUT2D eigenvalue weighted by Crippen LogP contribution is 2.34. The minimum atomic E-state index is -0.373. The Balaban J connectivity index is 1.73. The minimum absolute atomic E-state index is 0.0510. The molecule has 0 N–H and O–H groups in total. The SMILES string of the molecule is Cc1oc2c(C)c3oc(=O)c(CCC(=O)N4CCOCC4)c(C)c3cc2c1C. The molecule has 1 aromatic carbocycles. The Morgan fingerprint density at radius 3 is 2.32 bits per heavy atom. The van der Waals surface area contributed by atoms with Crippen molar-refractivity contribution in [1.82, 2.24) is 4.90 Å². The second-order valence-electron chi connectivity index (χ2n) is 7.52. The number of furan rings is 1. The monoisotopic (exact) mass is 383 g/mol. The highest BCUT2D eigenvalue weighted by atomic mass is 16.5. The number of hydrogen-bond donors (Lipinski definition) is 0. The second kappa shape index (κ2) is 7.09. The van der Waals surface area contributed by atoms with Gasteiger partial charge in [0.15, 0.2) is 0 Å². The van der Waals surface area contributed by atoms with Gasteiger partial charge in [-0.3, -0.25) is 4.79 Å². The van der Waals surface area contributed by atoms with E-state index in [2.05, 4.69) is 0 Å². The summed E-state index contributed by atoms with van der Waals surface area (Å²) in [4.78, 5) is 26.9. The number of amides is 1. The summed E-state index contributed by atoms with van der Waals surface area (Å²) in [5, 5.41) is 1.94. The van der Waals surface area contributed by atoms with Crippen LogP contribution in [0.15, 0.2) is 19.7 Å². The van der Waals surface area contributed by atoms with Crippen LogP contribution in [-0.4, -0.2) is 37.1 Å². The number of aryl methyl sites for hydroxylation is 4. The number of hydrogen-bond acceptors (Lipinski definition) is 5. The summed E-state index contributed by atoms with van der Waals surface area (Å²) in [5.74, 6) is 0.917. The van der Waals surface area contributed by atoms with Gasteiger partial charge in [-0.2, -0.15) is 0 Å². The largest absolute Gasteiger partial charge is 0.461 e. The Morgan fingerprint density at radius 1 is 0.964 bits per heavy atom. The first kappa shape index (κ1) is 18.7. The summed E-state index contributed by atoms with van der Waals surface area (Å²) in [6.07, 6.45) is 0.670. The molecule has 0 atom stereocenters. The van der Waals surface area contributed by atoms with E-state index in [-0.39, 0.29) is 11.5 Å². The standard InChI is InChI=1S/C22H25NO5/c1-12-15(4)27-20-14(3)21-18(11-17(12)20)13(2)16(22(25)28-21)5-6-19(24)23-7-9-26-10-8-23/h11H,5-10H2,1-4H3. The van der Waals surface area contributed by atoms with Crippen molar-refractivity contribution in [3.63, 3.8) is 0 Å². The summed E-state index contributed by atoms with van der Waals surface area (Å²) in [6, 6.07) is 2.04. The van der Waals surface area contributed by atoms with Gasteiger partial charge in [-0.05, 0) is 51.3 Å². The maximum Gasteiger partial charge on any atom is 0.339 e. The zero-order valence-electron chi connectivity index (χ0n) is 16.8. The Labute approximate surface area is 163 Å². The first-order chi connectivity index (χ1) is 13.4. The van der Waals surface area contributed by atoms with Crippen LogP contribution < -0.4 is 5.63 Å². The van der Waals surface area contributed by atoms with E-state index >= 15 is 0 Å². The summed E-state index contributed by atoms with van der Waals surface area (Å²) in [6.45, 7) is 10.2. The first-order valence-electron chi connectivity index (χ1n) is 9.69. The van der Waals surface area contributed by atoms with Crippen LogP contribution in [0.4, 0.5) is 0 Å². The average Bonchev–Trinajstić information content (AvgIpc) is 2.98. The highest BCUT2D eigenvalue weighted by molar-refractivity contribution is 6.00. The van der Waals surface area contributed by atoms with E-state index < -0.39 is 0 Å². The van der Waals surface area contributed by atoms with Crippen molar-refractivity contribution in [2.24, 2.45) is 0 Å². The van der Waals surface area contributed by atoms with E-state index in [0.29, 0.717) is 50.3 Å². The third kappa shape index (κ3) is 3.02. The van der Waals surface area contributed by atoms with Crippen molar-refractivity contribution in [3.05, 3.63) is 44.5 Å². The number of ether oxygens (including phenoxy) is 1. The van der Waals surface area contributed by atoms with Gasteiger partial charge < -0.3 is 18.5 Å². The van der Waals surface area contributed by atoms with Crippen LogP contribution in [-0.2, 0) is 16.0 Å². The van der Waals surface area contributed by atoms with Crippen LogP contribution in [0.2, 0.25) is 0 Å². The van der Waals surface area contributed by atoms with Crippen molar-refractivity contribution in [1.29, 1.82) is 0 Å². The van der Waals surface area contributed by atoms with Gasteiger partial charge in [0.05, 0.1) is 13.2 Å². The van der Waals surface area contributed by atoms with Crippen LogP contribution in [0, 0.1) is 27.7 Å². The van der Waals surface area contributed by atoms with Crippen LogP contribution in [0.1, 0.15) is 34.4 Å². The summed E-state index contributed by atoms with van der Waals surface area (Å²) < 4.78 is 16.8. The fourth-order valence-electron chi connectivity index (χ4n) is 3.98. The number of morpholine rings is 1. The maximum absolute atomic E-state index is 12.7. The smallest absolute Gasteiger partial charge is 0.339 e. The lowest BCUT2D eigenvalue weighted by molar-refractivity contribution is -0.135. The number of carbonyl (C=O) groups is 1. The van der Waals surface area contributed by atoms with Gasteiger partial charge in [-0.15, -0.1) is 0 Å². The summed E-state index contributed by atoms with van der Waals surface area (Å²) in [7, 11) is 0. The molecule has 4 rings (SSSR count). The average molecular weight is 383 g/mol. The maximum atomic E-state index is 12.7. The molecule has 6 nitrogen and oxygen atoms in total. The number of carbonyl (C=O) groups excluding carboxylic acids is 1. The molecule has 28 heavy (non-hydrogen) atoms. The molecule has 3 heterocycles. The summed E-state index contributed by atoms with van der Waals surface area (Å²) in [5.41, 5.74) is 4.33. The predicted octanol–water partition coefficient (Wildman–Crippen LogP) is 3.56. The Bertz CT molecular complexity index is 1130. The van der Waals surface area contributed by atoms with Gasteiger partial charge in [-0.25, -0.2) is 4.79 Å². The lowest BCUT2D eigenvalue weighted by atomic mass is 9.98. The predicted molar refractivity (Wildman–Crippen MR) is 107 cm³/mol. The van der Waals surface area contributed by atoms with E-state index in [4.69, 9.17) is 13.6 Å². The Hall–Kier alpha value is -2.60. The Kier molecular flexibility index (Phi) is 4.75. The van der Waals surface area contributed by atoms with E-state index in [1.807, 2.05) is 33.8 Å². The molecule has 6 heteroatoms. The molecule has 1 saturated heterocycles. The van der Waals surface area contributed by atoms with Gasteiger partial charge in [-0.1, -0.05) is 0 Å². The van der Waals surface area contributed by atoms with Crippen LogP contribution >= 0.6 is 0 Å². The molecule has 0 radical (unpaired) electrons. The number of rotatable bonds is 3. The van der Waals surface area contributed by atoms with Crippen LogP contribution in [0.3, 0.4) is 0 Å². The summed E-state index contributed by atoms with van der Waals surface area (Å²) >= 11 is 0. The van der Waals surface area contributed by atoms with E-state index in [1.165, 1.54) is 0 Å². The normalized spacial score (nSPS) is 14.9. The lowest BCUT2D eigenvalue weighted by Crippen LogP contribution is -2.40. The molecule has 148 valence electrons. The zero-order valence-corrected chi connectivity index (χ0v) is 16.8. The van der Waals surface area contributed by atoms with Gasteiger partial charge in [0.2, 0.25) is 5.91 Å². The highest BCUT2D eigenvalue weighted by Gasteiger charge is 2.21. The molecule has 1 amide bonds. The van der Waals surface area contributed by atoms with Crippen LogP contribution in [0.25, 0.3) is 21.9 Å². The molecule has 1 aliphatic heterocycles. The molecule has 0 unspecified atom stereocenters. The van der Waals surface area contributed by atoms with Gasteiger partial charge >= 0.3 is 5.63 Å². The molecular formula is C22H25NO5. The molecule has 0 spiro atoms. The number of fused-ring (bicyclic) bond motifs is 2. The van der Waals surface area contributed by atoms with E-state index in [1.54, 1.807) is 4.90 Å². The molecule has 1 fully saturated rings. The topological polar surface area (TPSA) is 72.9 Å². The second-order valence-corrected chi connectivity index (χ2v) is 7.52. The molecule has 0 bridgehead atoms. The lowest BCUT2D eigenvalue weighted by Gasteiger charge is -2.26.